The molecule has 0 spiro atoms. The highest BCUT2D eigenvalue weighted by atomic mass is 127. The zero-order valence-corrected chi connectivity index (χ0v) is 14.3. The molecule has 3 heterocycles. The van der Waals surface area contributed by atoms with E-state index in [0.717, 1.165) is 26.8 Å². The van der Waals surface area contributed by atoms with Crippen LogP contribution in [0.15, 0.2) is 5.16 Å². The molecule has 3 rings (SSSR count). The molecule has 0 unspecified atom stereocenters. The molecular weight excluding hydrogens is 379 g/mol. The highest BCUT2D eigenvalue weighted by molar-refractivity contribution is 14.1. The van der Waals surface area contributed by atoms with Crippen LogP contribution >= 0.6 is 45.7 Å². The number of aromatic nitrogens is 2. The molecule has 2 aromatic rings. The van der Waals surface area contributed by atoms with Crippen molar-refractivity contribution in [1.82, 2.24) is 4.98 Å². The summed E-state index contributed by atoms with van der Waals surface area (Å²) in [6.07, 6.45) is 2.36. The Kier molecular flexibility index (Phi) is 3.44. The summed E-state index contributed by atoms with van der Waals surface area (Å²) in [6.45, 7) is 5.24. The van der Waals surface area contributed by atoms with Gasteiger partial charge in [-0.2, -0.15) is 4.57 Å². The number of ether oxygens (including phenoxy) is 1. The first-order valence-electron chi connectivity index (χ1n) is 5.75. The predicted octanol–water partition coefficient (Wildman–Crippen LogP) is 3.12. The smallest absolute Gasteiger partial charge is 0.363 e. The summed E-state index contributed by atoms with van der Waals surface area (Å²) in [5, 5.41) is 2.27. The Morgan fingerprint density at radius 2 is 2.33 bits per heavy atom. The van der Waals surface area contributed by atoms with Crippen molar-refractivity contribution in [3.63, 3.8) is 0 Å². The van der Waals surface area contributed by atoms with Crippen LogP contribution in [0.25, 0.3) is 10.2 Å². The largest absolute Gasteiger partial charge is 0.453 e. The number of hydrogen-bond donors (Lipinski definition) is 0. The lowest BCUT2D eigenvalue weighted by molar-refractivity contribution is -0.720. The minimum absolute atomic E-state index is 0.281. The van der Waals surface area contributed by atoms with Crippen LogP contribution in [0.5, 0.6) is 5.88 Å². The van der Waals surface area contributed by atoms with Crippen LogP contribution in [0.1, 0.15) is 10.4 Å². The molecule has 0 saturated heterocycles. The third kappa shape index (κ3) is 1.84. The Morgan fingerprint density at radius 3 is 3.00 bits per heavy atom. The highest BCUT2D eigenvalue weighted by Crippen LogP contribution is 2.36. The maximum absolute atomic E-state index is 6.11. The molecule has 0 amide bonds. The fourth-order valence-corrected chi connectivity index (χ4v) is 4.32. The molecule has 96 valence electrons. The molecule has 0 N–H and O–H groups in total. The molecule has 1 aliphatic rings. The minimum atomic E-state index is 0.281. The Bertz CT molecular complexity index is 626. The zero-order valence-electron chi connectivity index (χ0n) is 10.5. The van der Waals surface area contributed by atoms with E-state index in [-0.39, 0.29) is 6.10 Å². The Labute approximate surface area is 128 Å². The number of nitrogens with zero attached hydrogens (tertiary/aromatic N) is 2. The first-order chi connectivity index (χ1) is 8.65. The molecule has 6 heteroatoms. The summed E-state index contributed by atoms with van der Waals surface area (Å²) in [6, 6.07) is 0. The van der Waals surface area contributed by atoms with Crippen LogP contribution in [-0.4, -0.2) is 21.8 Å². The van der Waals surface area contributed by atoms with Gasteiger partial charge in [-0.1, -0.05) is 33.9 Å². The van der Waals surface area contributed by atoms with Gasteiger partial charge in [-0.3, -0.25) is 0 Å². The Morgan fingerprint density at radius 1 is 1.56 bits per heavy atom. The minimum Gasteiger partial charge on any atom is -0.453 e. The normalized spacial score (nSPS) is 18.1. The number of rotatable bonds is 2. The van der Waals surface area contributed by atoms with Crippen molar-refractivity contribution in [2.45, 2.75) is 31.7 Å². The highest BCUT2D eigenvalue weighted by Gasteiger charge is 2.35. The maximum Gasteiger partial charge on any atom is 0.363 e. The molecule has 3 nitrogen and oxygen atoms in total. The number of halogens is 1. The van der Waals surface area contributed by atoms with E-state index in [9.17, 15) is 0 Å². The summed E-state index contributed by atoms with van der Waals surface area (Å²) in [5.74, 6) is 1.02. The van der Waals surface area contributed by atoms with E-state index < -0.39 is 0 Å². The summed E-state index contributed by atoms with van der Waals surface area (Å²) >= 11 is 5.84. The third-order valence-corrected chi connectivity index (χ3v) is 6.03. The van der Waals surface area contributed by atoms with Gasteiger partial charge in [0, 0.05) is 9.30 Å². The molecule has 2 aromatic heterocycles. The van der Waals surface area contributed by atoms with Crippen molar-refractivity contribution in [2.75, 3.05) is 10.7 Å². The van der Waals surface area contributed by atoms with E-state index >= 15 is 0 Å². The Hall–Kier alpha value is -0.0800. The number of thioether (sulfide) groups is 1. The van der Waals surface area contributed by atoms with Crippen LogP contribution in [0.3, 0.4) is 0 Å². The third-order valence-electron chi connectivity index (χ3n) is 3.27. The van der Waals surface area contributed by atoms with Gasteiger partial charge < -0.3 is 4.74 Å². The monoisotopic (exact) mass is 393 g/mol. The molecule has 0 aliphatic carbocycles. The lowest BCUT2D eigenvalue weighted by atomic mass is 10.2. The summed E-state index contributed by atoms with van der Waals surface area (Å²) in [7, 11) is 0. The van der Waals surface area contributed by atoms with Crippen molar-refractivity contribution in [3.8, 4) is 5.88 Å². The summed E-state index contributed by atoms with van der Waals surface area (Å²) < 4.78 is 9.36. The van der Waals surface area contributed by atoms with Crippen molar-refractivity contribution < 1.29 is 9.30 Å². The number of alkyl halides is 1. The van der Waals surface area contributed by atoms with Gasteiger partial charge in [0.2, 0.25) is 4.83 Å². The van der Waals surface area contributed by atoms with Crippen LogP contribution in [0.2, 0.25) is 0 Å². The van der Waals surface area contributed by atoms with E-state index in [1.54, 1.807) is 23.1 Å². The molecule has 0 radical (unpaired) electrons. The standard InChI is InChI=1S/C12H14IN2OS2/c1-6-7(2)18-10-9(6)11-15(12(14-10)17-3)5-8(4-13)16-11/h8H,4-5H2,1-3H3/q+1/t8-/m0/s1. The maximum atomic E-state index is 6.11. The molecule has 1 aliphatic heterocycles. The SMILES string of the molecule is CSc1nc2sc(C)c(C)c2c2[n+]1C[C@H](CI)O2. The summed E-state index contributed by atoms with van der Waals surface area (Å²) in [5.41, 5.74) is 1.31. The second kappa shape index (κ2) is 4.79. The second-order valence-corrected chi connectivity index (χ2v) is 7.23. The molecule has 1 atom stereocenters. The fourth-order valence-electron chi connectivity index (χ4n) is 2.23. The number of hydrogen-bond acceptors (Lipinski definition) is 4. The molecule has 0 bridgehead atoms. The van der Waals surface area contributed by atoms with Crippen molar-refractivity contribution in [2.24, 2.45) is 0 Å². The van der Waals surface area contributed by atoms with Gasteiger partial charge in [0.1, 0.15) is 18.0 Å². The zero-order chi connectivity index (χ0) is 12.9. The first-order valence-corrected chi connectivity index (χ1v) is 9.32. The molecule has 0 fully saturated rings. The van der Waals surface area contributed by atoms with Gasteiger partial charge in [0.15, 0.2) is 0 Å². The van der Waals surface area contributed by atoms with Crippen LogP contribution < -0.4 is 9.30 Å². The number of fused-ring (bicyclic) bond motifs is 3. The van der Waals surface area contributed by atoms with Crippen LogP contribution in [0, 0.1) is 13.8 Å². The van der Waals surface area contributed by atoms with Crippen molar-refractivity contribution in [3.05, 3.63) is 10.4 Å². The van der Waals surface area contributed by atoms with Crippen LogP contribution in [-0.2, 0) is 6.54 Å². The quantitative estimate of drug-likeness (QED) is 0.258. The average Bonchev–Trinajstić information content (AvgIpc) is 2.90. The lowest BCUT2D eigenvalue weighted by Gasteiger charge is -2.01. The van der Waals surface area contributed by atoms with Gasteiger partial charge in [-0.25, -0.2) is 0 Å². The van der Waals surface area contributed by atoms with Gasteiger partial charge >= 0.3 is 5.16 Å². The number of thiophene rings is 1. The van der Waals surface area contributed by atoms with Gasteiger partial charge in [0.25, 0.3) is 5.88 Å². The van der Waals surface area contributed by atoms with Crippen LogP contribution in [0.4, 0.5) is 0 Å². The molecule has 0 aromatic carbocycles. The van der Waals surface area contributed by atoms with E-state index in [1.807, 2.05) is 0 Å². The fraction of sp³-hybridized carbons (Fsp3) is 0.500. The van der Waals surface area contributed by atoms with E-state index in [0.29, 0.717) is 0 Å². The summed E-state index contributed by atoms with van der Waals surface area (Å²) in [4.78, 5) is 7.22. The average molecular weight is 393 g/mol. The Balaban J connectivity index is 2.31. The second-order valence-electron chi connectivity index (χ2n) is 4.37. The number of aryl methyl sites for hydroxylation is 2. The lowest BCUT2D eigenvalue weighted by Crippen LogP contribution is -2.36. The molecule has 18 heavy (non-hydrogen) atoms. The van der Waals surface area contributed by atoms with Gasteiger partial charge in [-0.05, 0) is 42.4 Å². The first kappa shape index (κ1) is 12.9. The topological polar surface area (TPSA) is 26.0 Å². The van der Waals surface area contributed by atoms with Crippen molar-refractivity contribution in [1.29, 1.82) is 0 Å². The van der Waals surface area contributed by atoms with Gasteiger partial charge in [0.05, 0.1) is 0 Å². The predicted molar refractivity (Wildman–Crippen MR) is 84.4 cm³/mol. The van der Waals surface area contributed by atoms with Crippen molar-refractivity contribution >= 4 is 55.9 Å². The van der Waals surface area contributed by atoms with Gasteiger partial charge in [-0.15, -0.1) is 0 Å². The molecule has 0 saturated carbocycles. The molecular formula is C12H14IN2OS2+. The van der Waals surface area contributed by atoms with E-state index in [2.05, 4.69) is 47.3 Å². The van der Waals surface area contributed by atoms with E-state index in [4.69, 9.17) is 9.72 Å². The van der Waals surface area contributed by atoms with E-state index in [1.165, 1.54) is 15.8 Å².